The predicted octanol–water partition coefficient (Wildman–Crippen LogP) is 5.65. The minimum Gasteiger partial charge on any atom is -0.354 e. The predicted molar refractivity (Wildman–Crippen MR) is 110 cm³/mol. The summed E-state index contributed by atoms with van der Waals surface area (Å²) in [5, 5.41) is 3.08. The molecule has 1 aromatic carbocycles. The summed E-state index contributed by atoms with van der Waals surface area (Å²) < 4.78 is 67.6. The Morgan fingerprint density at radius 2 is 1.78 bits per heavy atom. The van der Waals surface area contributed by atoms with Gasteiger partial charge in [0.2, 0.25) is 11.9 Å². The molecule has 1 fully saturated rings. The molecule has 0 radical (unpaired) electrons. The minimum absolute atomic E-state index is 0.0843. The fourth-order valence-corrected chi connectivity index (χ4v) is 3.87. The maximum atomic E-state index is 13.4. The Bertz CT molecular complexity index is 1040. The van der Waals surface area contributed by atoms with E-state index in [1.807, 2.05) is 0 Å². The molecule has 0 amide bonds. The molecule has 2 heterocycles. The standard InChI is InChI=1S/C22H22F5N5/c23-16-3-1-15(2-4-16)19-20(32(13-30-19)12-18(24)25)17-7-10-28-21(31-17)29-11-14-5-8-22(26,27)9-6-14/h1-4,7,10,13-14,18H,5-6,8-9,11-12H2,(H,28,29,31). The Labute approximate surface area is 181 Å². The first-order valence-corrected chi connectivity index (χ1v) is 10.3. The van der Waals surface area contributed by atoms with Crippen molar-refractivity contribution < 1.29 is 22.0 Å². The van der Waals surface area contributed by atoms with Crippen LogP contribution in [-0.2, 0) is 6.54 Å². The number of halogens is 5. The third-order valence-electron chi connectivity index (χ3n) is 5.57. The van der Waals surface area contributed by atoms with Crippen LogP contribution in [-0.4, -0.2) is 38.4 Å². The van der Waals surface area contributed by atoms with Crippen LogP contribution >= 0.6 is 0 Å². The molecule has 0 saturated heterocycles. The van der Waals surface area contributed by atoms with Crippen LogP contribution in [0.5, 0.6) is 0 Å². The van der Waals surface area contributed by atoms with Crippen LogP contribution in [0.15, 0.2) is 42.9 Å². The molecule has 0 unspecified atom stereocenters. The van der Waals surface area contributed by atoms with Crippen LogP contribution in [0.25, 0.3) is 22.6 Å². The molecule has 1 aliphatic carbocycles. The van der Waals surface area contributed by atoms with Gasteiger partial charge in [0.05, 0.1) is 30.0 Å². The van der Waals surface area contributed by atoms with Crippen molar-refractivity contribution in [1.82, 2.24) is 19.5 Å². The van der Waals surface area contributed by atoms with Gasteiger partial charge >= 0.3 is 0 Å². The number of nitrogens with one attached hydrogen (secondary N) is 1. The van der Waals surface area contributed by atoms with E-state index in [-0.39, 0.29) is 24.7 Å². The number of alkyl halides is 4. The molecule has 1 aliphatic rings. The normalized spacial score (nSPS) is 16.4. The van der Waals surface area contributed by atoms with E-state index < -0.39 is 24.7 Å². The number of hydrogen-bond donors (Lipinski definition) is 1. The molecule has 0 aliphatic heterocycles. The summed E-state index contributed by atoms with van der Waals surface area (Å²) in [4.78, 5) is 12.9. The van der Waals surface area contributed by atoms with Gasteiger partial charge in [-0.1, -0.05) is 0 Å². The first kappa shape index (κ1) is 22.2. The molecule has 5 nitrogen and oxygen atoms in total. The van der Waals surface area contributed by atoms with Crippen LogP contribution in [0, 0.1) is 11.7 Å². The summed E-state index contributed by atoms with van der Waals surface area (Å²) in [7, 11) is 0. The molecule has 3 aromatic rings. The summed E-state index contributed by atoms with van der Waals surface area (Å²) in [5.74, 6) is -2.65. The van der Waals surface area contributed by atoms with E-state index in [0.29, 0.717) is 42.0 Å². The smallest absolute Gasteiger partial charge is 0.256 e. The molecule has 1 saturated carbocycles. The van der Waals surface area contributed by atoms with Crippen molar-refractivity contribution in [3.8, 4) is 22.6 Å². The van der Waals surface area contributed by atoms with E-state index in [1.54, 1.807) is 6.07 Å². The van der Waals surface area contributed by atoms with Gasteiger partial charge in [-0.05, 0) is 49.1 Å². The number of hydrogen-bond acceptors (Lipinski definition) is 4. The first-order chi connectivity index (χ1) is 15.3. The van der Waals surface area contributed by atoms with E-state index in [9.17, 15) is 22.0 Å². The molecule has 32 heavy (non-hydrogen) atoms. The van der Waals surface area contributed by atoms with Gasteiger partial charge in [-0.15, -0.1) is 0 Å². The summed E-state index contributed by atoms with van der Waals surface area (Å²) in [6.45, 7) is -0.132. The lowest BCUT2D eigenvalue weighted by atomic mass is 9.87. The number of anilines is 1. The lowest BCUT2D eigenvalue weighted by molar-refractivity contribution is -0.0443. The summed E-state index contributed by atoms with van der Waals surface area (Å²) >= 11 is 0. The Kier molecular flexibility index (Phi) is 6.38. The second kappa shape index (κ2) is 9.22. The van der Waals surface area contributed by atoms with E-state index in [1.165, 1.54) is 41.4 Å². The first-order valence-electron chi connectivity index (χ1n) is 10.3. The largest absolute Gasteiger partial charge is 0.354 e. The molecular formula is C22H22F5N5. The average Bonchev–Trinajstić information content (AvgIpc) is 3.16. The highest BCUT2D eigenvalue weighted by Gasteiger charge is 2.34. The molecule has 10 heteroatoms. The maximum Gasteiger partial charge on any atom is 0.256 e. The molecule has 2 aromatic heterocycles. The van der Waals surface area contributed by atoms with Crippen molar-refractivity contribution in [3.63, 3.8) is 0 Å². The number of imidazole rings is 1. The van der Waals surface area contributed by atoms with Crippen molar-refractivity contribution in [2.45, 2.75) is 44.6 Å². The van der Waals surface area contributed by atoms with Gasteiger partial charge in [0.25, 0.3) is 6.43 Å². The van der Waals surface area contributed by atoms with E-state index in [4.69, 9.17) is 0 Å². The second-order valence-electron chi connectivity index (χ2n) is 7.94. The minimum atomic E-state index is -2.60. The van der Waals surface area contributed by atoms with Crippen molar-refractivity contribution >= 4 is 5.95 Å². The molecular weight excluding hydrogens is 429 g/mol. The molecule has 0 spiro atoms. The van der Waals surface area contributed by atoms with Crippen molar-refractivity contribution in [3.05, 3.63) is 48.7 Å². The van der Waals surface area contributed by atoms with Crippen LogP contribution < -0.4 is 5.32 Å². The van der Waals surface area contributed by atoms with Gasteiger partial charge in [-0.25, -0.2) is 36.9 Å². The summed E-state index contributed by atoms with van der Waals surface area (Å²) in [5.41, 5.74) is 1.69. The Morgan fingerprint density at radius 1 is 1.06 bits per heavy atom. The highest BCUT2D eigenvalue weighted by molar-refractivity contribution is 5.77. The Morgan fingerprint density at radius 3 is 2.47 bits per heavy atom. The van der Waals surface area contributed by atoms with Crippen LogP contribution in [0.3, 0.4) is 0 Å². The van der Waals surface area contributed by atoms with Crippen LogP contribution in [0.1, 0.15) is 25.7 Å². The van der Waals surface area contributed by atoms with Crippen molar-refractivity contribution in [2.24, 2.45) is 5.92 Å². The highest BCUT2D eigenvalue weighted by atomic mass is 19.3. The summed E-state index contributed by atoms with van der Waals surface area (Å²) in [6.07, 6.45) is 0.756. The molecule has 0 atom stereocenters. The quantitative estimate of drug-likeness (QED) is 0.472. The highest BCUT2D eigenvalue weighted by Crippen LogP contribution is 2.36. The Balaban J connectivity index is 1.58. The van der Waals surface area contributed by atoms with Crippen molar-refractivity contribution in [2.75, 3.05) is 11.9 Å². The molecule has 4 rings (SSSR count). The number of rotatable bonds is 7. The number of nitrogens with zero attached hydrogens (tertiary/aromatic N) is 4. The van der Waals surface area contributed by atoms with Gasteiger partial charge in [0.1, 0.15) is 5.82 Å². The Hall–Kier alpha value is -3.04. The topological polar surface area (TPSA) is 55.6 Å². The molecule has 1 N–H and O–H groups in total. The zero-order chi connectivity index (χ0) is 22.7. The van der Waals surface area contributed by atoms with Gasteiger partial charge in [0, 0.05) is 31.1 Å². The lowest BCUT2D eigenvalue weighted by Crippen LogP contribution is -2.28. The maximum absolute atomic E-state index is 13.4. The molecule has 0 bridgehead atoms. The SMILES string of the molecule is Fc1ccc(-c2ncn(CC(F)F)c2-c2ccnc(NCC3CCC(F)(F)CC3)n2)cc1. The number of aromatic nitrogens is 4. The van der Waals surface area contributed by atoms with E-state index in [0.717, 1.165) is 0 Å². The fraction of sp³-hybridized carbons (Fsp3) is 0.409. The van der Waals surface area contributed by atoms with Crippen LogP contribution in [0.2, 0.25) is 0 Å². The zero-order valence-corrected chi connectivity index (χ0v) is 17.1. The van der Waals surface area contributed by atoms with Gasteiger partial charge in [-0.2, -0.15) is 0 Å². The molecule has 170 valence electrons. The van der Waals surface area contributed by atoms with Gasteiger partial charge in [0.15, 0.2) is 0 Å². The third-order valence-corrected chi connectivity index (χ3v) is 5.57. The summed E-state index contributed by atoms with van der Waals surface area (Å²) in [6, 6.07) is 7.16. The van der Waals surface area contributed by atoms with E-state index >= 15 is 0 Å². The second-order valence-corrected chi connectivity index (χ2v) is 7.94. The van der Waals surface area contributed by atoms with Crippen molar-refractivity contribution in [1.29, 1.82) is 0 Å². The average molecular weight is 451 g/mol. The van der Waals surface area contributed by atoms with E-state index in [2.05, 4.69) is 20.3 Å². The fourth-order valence-electron chi connectivity index (χ4n) is 3.87. The van der Waals surface area contributed by atoms with Crippen LogP contribution in [0.4, 0.5) is 27.9 Å². The lowest BCUT2D eigenvalue weighted by Gasteiger charge is -2.28. The number of benzene rings is 1. The third kappa shape index (κ3) is 5.23. The monoisotopic (exact) mass is 451 g/mol. The van der Waals surface area contributed by atoms with Gasteiger partial charge in [-0.3, -0.25) is 0 Å². The van der Waals surface area contributed by atoms with Gasteiger partial charge < -0.3 is 9.88 Å². The zero-order valence-electron chi connectivity index (χ0n) is 17.1.